The van der Waals surface area contributed by atoms with Gasteiger partial charge in [-0.05, 0) is 47.0 Å². The van der Waals surface area contributed by atoms with Gasteiger partial charge in [0.15, 0.2) is 0 Å². The highest BCUT2D eigenvalue weighted by molar-refractivity contribution is 5.92. The molecule has 2 rings (SSSR count). The minimum absolute atomic E-state index is 0.0432. The van der Waals surface area contributed by atoms with E-state index in [-0.39, 0.29) is 6.61 Å². The zero-order valence-electron chi connectivity index (χ0n) is 13.3. The standard InChI is InChI=1S/C18H16O6/c1-22-17(20)14-5-3-13(4-6-14)15-7-12(10-24-11-19)8-16(9-15)18(21)23-2/h3-9,11H,10H2,1-2H3. The molecular formula is C18H16O6. The van der Waals surface area contributed by atoms with Crippen molar-refractivity contribution in [2.45, 2.75) is 6.61 Å². The first-order valence-corrected chi connectivity index (χ1v) is 7.05. The Bertz CT molecular complexity index is 749. The number of hydrogen-bond donors (Lipinski definition) is 0. The summed E-state index contributed by atoms with van der Waals surface area (Å²) in [6.45, 7) is 0.386. The van der Waals surface area contributed by atoms with Crippen LogP contribution in [0.3, 0.4) is 0 Å². The van der Waals surface area contributed by atoms with Crippen LogP contribution < -0.4 is 0 Å². The van der Waals surface area contributed by atoms with E-state index >= 15 is 0 Å². The number of ether oxygens (including phenoxy) is 3. The summed E-state index contributed by atoms with van der Waals surface area (Å²) < 4.78 is 14.2. The van der Waals surface area contributed by atoms with Crippen LogP contribution >= 0.6 is 0 Å². The van der Waals surface area contributed by atoms with E-state index in [0.717, 1.165) is 11.1 Å². The topological polar surface area (TPSA) is 78.9 Å². The summed E-state index contributed by atoms with van der Waals surface area (Å²) in [6, 6.07) is 11.8. The van der Waals surface area contributed by atoms with E-state index in [4.69, 9.17) is 9.47 Å². The average molecular weight is 328 g/mol. The number of hydrogen-bond acceptors (Lipinski definition) is 6. The molecule has 24 heavy (non-hydrogen) atoms. The summed E-state index contributed by atoms with van der Waals surface area (Å²) in [5.74, 6) is -0.916. The van der Waals surface area contributed by atoms with Crippen molar-refractivity contribution in [1.82, 2.24) is 0 Å². The van der Waals surface area contributed by atoms with Gasteiger partial charge in [0.25, 0.3) is 6.47 Å². The van der Waals surface area contributed by atoms with Gasteiger partial charge in [-0.2, -0.15) is 0 Å². The van der Waals surface area contributed by atoms with E-state index in [1.807, 2.05) is 0 Å². The molecule has 0 aromatic heterocycles. The van der Waals surface area contributed by atoms with Crippen molar-refractivity contribution in [2.75, 3.05) is 14.2 Å². The second kappa shape index (κ2) is 7.92. The third kappa shape index (κ3) is 3.98. The lowest BCUT2D eigenvalue weighted by atomic mass is 9.99. The van der Waals surface area contributed by atoms with E-state index in [1.54, 1.807) is 42.5 Å². The molecular weight excluding hydrogens is 312 g/mol. The lowest BCUT2D eigenvalue weighted by Gasteiger charge is -2.09. The molecule has 0 atom stereocenters. The third-order valence-corrected chi connectivity index (χ3v) is 3.37. The van der Waals surface area contributed by atoms with Crippen LogP contribution in [0.4, 0.5) is 0 Å². The molecule has 2 aromatic rings. The maximum absolute atomic E-state index is 11.8. The predicted octanol–water partition coefficient (Wildman–Crippen LogP) is 2.60. The Hall–Kier alpha value is -3.15. The summed E-state index contributed by atoms with van der Waals surface area (Å²) in [7, 11) is 2.61. The van der Waals surface area contributed by atoms with Gasteiger partial charge in [0.2, 0.25) is 0 Å². The second-order valence-electron chi connectivity index (χ2n) is 4.89. The van der Waals surface area contributed by atoms with Crippen LogP contribution in [-0.4, -0.2) is 32.6 Å². The molecule has 2 aromatic carbocycles. The van der Waals surface area contributed by atoms with Crippen LogP contribution in [0.1, 0.15) is 26.3 Å². The fourth-order valence-corrected chi connectivity index (χ4v) is 2.22. The normalized spacial score (nSPS) is 9.92. The summed E-state index contributed by atoms with van der Waals surface area (Å²) in [5, 5.41) is 0. The molecule has 0 saturated heterocycles. The zero-order chi connectivity index (χ0) is 17.5. The molecule has 0 spiro atoms. The van der Waals surface area contributed by atoms with Crippen LogP contribution in [-0.2, 0) is 25.6 Å². The number of carbonyl (C=O) groups excluding carboxylic acids is 3. The van der Waals surface area contributed by atoms with Crippen molar-refractivity contribution < 1.29 is 28.6 Å². The molecule has 0 aliphatic carbocycles. The average Bonchev–Trinajstić information content (AvgIpc) is 2.64. The molecule has 0 aliphatic heterocycles. The number of methoxy groups -OCH3 is 2. The van der Waals surface area contributed by atoms with Gasteiger partial charge in [-0.3, -0.25) is 4.79 Å². The maximum atomic E-state index is 11.8. The van der Waals surface area contributed by atoms with Gasteiger partial charge in [-0.25, -0.2) is 9.59 Å². The van der Waals surface area contributed by atoms with Gasteiger partial charge in [0.05, 0.1) is 25.3 Å². The minimum Gasteiger partial charge on any atom is -0.465 e. The Morgan fingerprint density at radius 3 is 2.08 bits per heavy atom. The van der Waals surface area contributed by atoms with E-state index < -0.39 is 11.9 Å². The minimum atomic E-state index is -0.490. The first-order valence-electron chi connectivity index (χ1n) is 7.05. The molecule has 0 radical (unpaired) electrons. The molecule has 124 valence electrons. The van der Waals surface area contributed by atoms with E-state index in [0.29, 0.717) is 23.2 Å². The summed E-state index contributed by atoms with van der Waals surface area (Å²) >= 11 is 0. The molecule has 0 unspecified atom stereocenters. The highest BCUT2D eigenvalue weighted by Gasteiger charge is 2.11. The number of benzene rings is 2. The zero-order valence-corrected chi connectivity index (χ0v) is 13.3. The number of rotatable bonds is 6. The highest BCUT2D eigenvalue weighted by atomic mass is 16.5. The van der Waals surface area contributed by atoms with Gasteiger partial charge < -0.3 is 14.2 Å². The van der Waals surface area contributed by atoms with Crippen molar-refractivity contribution in [1.29, 1.82) is 0 Å². The Labute approximate surface area is 139 Å². The van der Waals surface area contributed by atoms with E-state index in [9.17, 15) is 14.4 Å². The Kier molecular flexibility index (Phi) is 5.68. The first kappa shape index (κ1) is 17.2. The predicted molar refractivity (Wildman–Crippen MR) is 85.4 cm³/mol. The van der Waals surface area contributed by atoms with Gasteiger partial charge in [0, 0.05) is 0 Å². The van der Waals surface area contributed by atoms with Crippen LogP contribution in [0.25, 0.3) is 11.1 Å². The smallest absolute Gasteiger partial charge is 0.337 e. The van der Waals surface area contributed by atoms with Crippen molar-refractivity contribution in [2.24, 2.45) is 0 Å². The van der Waals surface area contributed by atoms with Crippen molar-refractivity contribution in [3.8, 4) is 11.1 Å². The Morgan fingerprint density at radius 1 is 0.875 bits per heavy atom. The van der Waals surface area contributed by atoms with Gasteiger partial charge >= 0.3 is 11.9 Å². The van der Waals surface area contributed by atoms with Crippen LogP contribution in [0.2, 0.25) is 0 Å². The second-order valence-corrected chi connectivity index (χ2v) is 4.89. The Balaban J connectivity index is 2.41. The van der Waals surface area contributed by atoms with Crippen molar-refractivity contribution in [3.63, 3.8) is 0 Å². The van der Waals surface area contributed by atoms with Gasteiger partial charge in [0.1, 0.15) is 6.61 Å². The molecule has 6 heteroatoms. The summed E-state index contributed by atoms with van der Waals surface area (Å²) in [6.07, 6.45) is 0. The van der Waals surface area contributed by atoms with Crippen LogP contribution in [0, 0.1) is 0 Å². The quantitative estimate of drug-likeness (QED) is 0.461. The SMILES string of the molecule is COC(=O)c1ccc(-c2cc(COC=O)cc(C(=O)OC)c2)cc1. The fraction of sp³-hybridized carbons (Fsp3) is 0.167. The molecule has 0 fully saturated rings. The van der Waals surface area contributed by atoms with Crippen LogP contribution in [0.15, 0.2) is 42.5 Å². The number of carbonyl (C=O) groups is 3. The number of esters is 2. The highest BCUT2D eigenvalue weighted by Crippen LogP contribution is 2.24. The van der Waals surface area contributed by atoms with Crippen LogP contribution in [0.5, 0.6) is 0 Å². The van der Waals surface area contributed by atoms with Gasteiger partial charge in [-0.15, -0.1) is 0 Å². The molecule has 0 amide bonds. The maximum Gasteiger partial charge on any atom is 0.337 e. The monoisotopic (exact) mass is 328 g/mol. The summed E-state index contributed by atoms with van der Waals surface area (Å²) in [5.41, 5.74) is 2.95. The van der Waals surface area contributed by atoms with Crippen molar-refractivity contribution in [3.05, 3.63) is 59.2 Å². The third-order valence-electron chi connectivity index (χ3n) is 3.37. The lowest BCUT2D eigenvalue weighted by molar-refractivity contribution is -0.129. The van der Waals surface area contributed by atoms with E-state index in [1.165, 1.54) is 14.2 Å². The van der Waals surface area contributed by atoms with E-state index in [2.05, 4.69) is 4.74 Å². The Morgan fingerprint density at radius 2 is 1.50 bits per heavy atom. The molecule has 0 N–H and O–H groups in total. The molecule has 0 heterocycles. The fourth-order valence-electron chi connectivity index (χ4n) is 2.22. The molecule has 0 saturated carbocycles. The van der Waals surface area contributed by atoms with Gasteiger partial charge in [-0.1, -0.05) is 12.1 Å². The summed E-state index contributed by atoms with van der Waals surface area (Å²) in [4.78, 5) is 33.7. The van der Waals surface area contributed by atoms with Crippen molar-refractivity contribution >= 4 is 18.4 Å². The first-order chi connectivity index (χ1) is 11.6. The molecule has 6 nitrogen and oxygen atoms in total. The largest absolute Gasteiger partial charge is 0.465 e. The molecule has 0 aliphatic rings. The lowest BCUT2D eigenvalue weighted by Crippen LogP contribution is -2.03. The molecule has 0 bridgehead atoms.